The third kappa shape index (κ3) is 3.87. The maximum Gasteiger partial charge on any atom is 0.0456 e. The Labute approximate surface area is 126 Å². The third-order valence-corrected chi connectivity index (χ3v) is 4.85. The van der Waals surface area contributed by atoms with Gasteiger partial charge in [-0.2, -0.15) is 0 Å². The highest BCUT2D eigenvalue weighted by Gasteiger charge is 2.28. The van der Waals surface area contributed by atoms with E-state index in [4.69, 9.17) is 23.2 Å². The minimum absolute atomic E-state index is 0.414. The van der Waals surface area contributed by atoms with Crippen molar-refractivity contribution in [3.63, 3.8) is 0 Å². The number of benzene rings is 1. The largest absolute Gasteiger partial charge is 0.313 e. The van der Waals surface area contributed by atoms with Crippen molar-refractivity contribution >= 4 is 23.2 Å². The Morgan fingerprint density at radius 1 is 1.16 bits per heavy atom. The van der Waals surface area contributed by atoms with Crippen LogP contribution >= 0.6 is 23.2 Å². The van der Waals surface area contributed by atoms with Crippen LogP contribution in [-0.2, 0) is 0 Å². The second-order valence-corrected chi connectivity index (χ2v) is 6.32. The van der Waals surface area contributed by atoms with E-state index in [0.717, 1.165) is 41.0 Å². The number of hydrogen-bond donors (Lipinski definition) is 1. The molecule has 1 fully saturated rings. The Bertz CT molecular complexity index is 391. The summed E-state index contributed by atoms with van der Waals surface area (Å²) in [5.74, 6) is 1.04. The van der Waals surface area contributed by atoms with E-state index in [2.05, 4.69) is 19.2 Å². The molecule has 1 nitrogen and oxygen atoms in total. The molecule has 1 aromatic rings. The molecule has 0 saturated heterocycles. The van der Waals surface area contributed by atoms with Crippen LogP contribution in [0.5, 0.6) is 0 Å². The Hall–Kier alpha value is -0.240. The van der Waals surface area contributed by atoms with Gasteiger partial charge in [0.1, 0.15) is 0 Å². The Morgan fingerprint density at radius 3 is 2.21 bits per heavy atom. The van der Waals surface area contributed by atoms with Crippen molar-refractivity contribution in [1.29, 1.82) is 0 Å². The first-order valence-corrected chi connectivity index (χ1v) is 8.10. The van der Waals surface area contributed by atoms with Gasteiger partial charge >= 0.3 is 0 Å². The van der Waals surface area contributed by atoms with Crippen LogP contribution in [0.4, 0.5) is 0 Å². The zero-order valence-corrected chi connectivity index (χ0v) is 13.3. The van der Waals surface area contributed by atoms with Crippen molar-refractivity contribution in [2.24, 2.45) is 5.92 Å². The summed E-state index contributed by atoms with van der Waals surface area (Å²) in [6, 6.07) is 6.55. The van der Waals surface area contributed by atoms with Gasteiger partial charge in [-0.3, -0.25) is 0 Å². The SMILES string of the molecule is CCC(CC)C(CNC1CC1)c1c(Cl)cccc1Cl. The minimum atomic E-state index is 0.414. The molecule has 2 rings (SSSR count). The van der Waals surface area contributed by atoms with Gasteiger partial charge in [0, 0.05) is 28.5 Å². The number of rotatable bonds is 7. The third-order valence-electron chi connectivity index (χ3n) is 4.19. The summed E-state index contributed by atoms with van der Waals surface area (Å²) in [5, 5.41) is 5.26. The Morgan fingerprint density at radius 2 is 1.74 bits per heavy atom. The summed E-state index contributed by atoms with van der Waals surface area (Å²) in [5.41, 5.74) is 1.13. The average molecular weight is 300 g/mol. The molecule has 3 heteroatoms. The van der Waals surface area contributed by atoms with Gasteiger partial charge in [-0.25, -0.2) is 0 Å². The van der Waals surface area contributed by atoms with Crippen LogP contribution in [0, 0.1) is 5.92 Å². The van der Waals surface area contributed by atoms with Crippen LogP contribution in [0.3, 0.4) is 0 Å². The van der Waals surface area contributed by atoms with Crippen LogP contribution < -0.4 is 5.32 Å². The molecule has 1 N–H and O–H groups in total. The maximum atomic E-state index is 6.40. The molecule has 0 spiro atoms. The predicted molar refractivity (Wildman–Crippen MR) is 84.3 cm³/mol. The van der Waals surface area contributed by atoms with Crippen LogP contribution in [0.25, 0.3) is 0 Å². The van der Waals surface area contributed by atoms with Gasteiger partial charge in [-0.1, -0.05) is 56.0 Å². The highest BCUT2D eigenvalue weighted by Crippen LogP contribution is 2.38. The predicted octanol–water partition coefficient (Wildman–Crippen LogP) is 5.27. The number of halogens is 2. The van der Waals surface area contributed by atoms with Gasteiger partial charge in [-0.05, 0) is 36.5 Å². The second kappa shape index (κ2) is 6.97. The Kier molecular flexibility index (Phi) is 5.56. The highest BCUT2D eigenvalue weighted by atomic mass is 35.5. The lowest BCUT2D eigenvalue weighted by molar-refractivity contribution is 0.379. The quantitative estimate of drug-likeness (QED) is 0.723. The molecule has 1 aromatic carbocycles. The molecule has 0 bridgehead atoms. The fraction of sp³-hybridized carbons (Fsp3) is 0.625. The van der Waals surface area contributed by atoms with Gasteiger partial charge in [0.2, 0.25) is 0 Å². The van der Waals surface area contributed by atoms with Gasteiger partial charge in [0.15, 0.2) is 0 Å². The van der Waals surface area contributed by atoms with E-state index in [9.17, 15) is 0 Å². The first kappa shape index (κ1) is 15.2. The molecule has 0 heterocycles. The zero-order valence-electron chi connectivity index (χ0n) is 11.8. The normalized spacial score (nSPS) is 16.9. The maximum absolute atomic E-state index is 6.40. The van der Waals surface area contributed by atoms with E-state index in [1.54, 1.807) is 0 Å². The first-order valence-electron chi connectivity index (χ1n) is 7.34. The van der Waals surface area contributed by atoms with Crippen molar-refractivity contribution in [1.82, 2.24) is 5.32 Å². The molecule has 0 aromatic heterocycles. The van der Waals surface area contributed by atoms with Gasteiger partial charge in [0.25, 0.3) is 0 Å². The molecule has 1 aliphatic carbocycles. The van der Waals surface area contributed by atoms with Crippen molar-refractivity contribution in [3.8, 4) is 0 Å². The second-order valence-electron chi connectivity index (χ2n) is 5.50. The van der Waals surface area contributed by atoms with E-state index in [-0.39, 0.29) is 0 Å². The van der Waals surface area contributed by atoms with Crippen molar-refractivity contribution in [3.05, 3.63) is 33.8 Å². The zero-order chi connectivity index (χ0) is 13.8. The van der Waals surface area contributed by atoms with Crippen LogP contribution in [0.15, 0.2) is 18.2 Å². The Balaban J connectivity index is 2.23. The summed E-state index contributed by atoms with van der Waals surface area (Å²) in [6.07, 6.45) is 4.95. The molecule has 0 radical (unpaired) electrons. The standard InChI is InChI=1S/C16H23Cl2N/c1-3-11(4-2)13(10-19-12-8-9-12)16-14(17)6-5-7-15(16)18/h5-7,11-13,19H,3-4,8-10H2,1-2H3. The fourth-order valence-electron chi connectivity index (χ4n) is 2.81. The topological polar surface area (TPSA) is 12.0 Å². The smallest absolute Gasteiger partial charge is 0.0456 e. The highest BCUT2D eigenvalue weighted by molar-refractivity contribution is 6.36. The molecule has 19 heavy (non-hydrogen) atoms. The van der Waals surface area contributed by atoms with Crippen molar-refractivity contribution in [2.75, 3.05) is 6.54 Å². The van der Waals surface area contributed by atoms with E-state index >= 15 is 0 Å². The molecule has 0 aliphatic heterocycles. The van der Waals surface area contributed by atoms with E-state index < -0.39 is 0 Å². The monoisotopic (exact) mass is 299 g/mol. The number of hydrogen-bond acceptors (Lipinski definition) is 1. The summed E-state index contributed by atoms with van der Waals surface area (Å²) in [6.45, 7) is 5.49. The first-order chi connectivity index (χ1) is 9.17. The van der Waals surface area contributed by atoms with E-state index in [1.165, 1.54) is 12.8 Å². The average Bonchev–Trinajstić information content (AvgIpc) is 3.20. The minimum Gasteiger partial charge on any atom is -0.313 e. The molecule has 0 amide bonds. The molecule has 1 aliphatic rings. The lowest BCUT2D eigenvalue weighted by atomic mass is 9.82. The van der Waals surface area contributed by atoms with Crippen LogP contribution in [0.1, 0.15) is 51.0 Å². The molecular formula is C16H23Cl2N. The number of nitrogens with one attached hydrogen (secondary N) is 1. The van der Waals surface area contributed by atoms with Gasteiger partial charge in [-0.15, -0.1) is 0 Å². The lowest BCUT2D eigenvalue weighted by Gasteiger charge is -2.28. The van der Waals surface area contributed by atoms with Gasteiger partial charge < -0.3 is 5.32 Å². The van der Waals surface area contributed by atoms with Crippen molar-refractivity contribution < 1.29 is 0 Å². The van der Waals surface area contributed by atoms with E-state index in [0.29, 0.717) is 11.8 Å². The molecule has 106 valence electrons. The van der Waals surface area contributed by atoms with Crippen LogP contribution in [-0.4, -0.2) is 12.6 Å². The fourth-order valence-corrected chi connectivity index (χ4v) is 3.49. The molecule has 1 unspecified atom stereocenters. The van der Waals surface area contributed by atoms with Crippen molar-refractivity contribution in [2.45, 2.75) is 51.5 Å². The summed E-state index contributed by atoms with van der Waals surface area (Å²) in [4.78, 5) is 0. The van der Waals surface area contributed by atoms with Gasteiger partial charge in [0.05, 0.1) is 0 Å². The van der Waals surface area contributed by atoms with Crippen LogP contribution in [0.2, 0.25) is 10.0 Å². The molecule has 1 atom stereocenters. The summed E-state index contributed by atoms with van der Waals surface area (Å²) in [7, 11) is 0. The summed E-state index contributed by atoms with van der Waals surface area (Å²) < 4.78 is 0. The van der Waals surface area contributed by atoms with E-state index in [1.807, 2.05) is 18.2 Å². The molecular weight excluding hydrogens is 277 g/mol. The summed E-state index contributed by atoms with van der Waals surface area (Å²) >= 11 is 12.8. The lowest BCUT2D eigenvalue weighted by Crippen LogP contribution is -2.28. The molecule has 1 saturated carbocycles.